The molecule has 1 N–H and O–H groups in total. The van der Waals surface area contributed by atoms with E-state index in [2.05, 4.69) is 6.92 Å². The molecule has 54 valence electrons. The molecular weight excluding hydrogens is 132 g/mol. The Hall–Kier alpha value is 0.310. The Labute approximate surface area is 60.8 Å². The van der Waals surface area contributed by atoms with Crippen LogP contribution < -0.4 is 0 Å². The van der Waals surface area contributed by atoms with E-state index in [4.69, 9.17) is 5.11 Å². The Morgan fingerprint density at radius 2 is 2.22 bits per heavy atom. The Morgan fingerprint density at radius 3 is 2.56 bits per heavy atom. The van der Waals surface area contributed by atoms with Crippen molar-refractivity contribution in [3.05, 3.63) is 0 Å². The number of hydrogen-bond acceptors (Lipinski definition) is 2. The van der Waals surface area contributed by atoms with Crippen LogP contribution in [-0.2, 0) is 0 Å². The van der Waals surface area contributed by atoms with Crippen molar-refractivity contribution >= 4 is 11.8 Å². The lowest BCUT2D eigenvalue weighted by atomic mass is 10.5. The van der Waals surface area contributed by atoms with Crippen molar-refractivity contribution in [3.63, 3.8) is 0 Å². The van der Waals surface area contributed by atoms with Crippen molar-refractivity contribution in [2.24, 2.45) is 0 Å². The van der Waals surface area contributed by atoms with Crippen LogP contribution in [0.1, 0.15) is 26.2 Å². The fourth-order valence-corrected chi connectivity index (χ4v) is 1.93. The maximum atomic E-state index is 8.86. The molecule has 0 spiro atoms. The molecule has 0 saturated heterocycles. The number of hydrogen-bond donors (Lipinski definition) is 1. The van der Waals surface area contributed by atoms with Crippen LogP contribution in [0, 0.1) is 0 Å². The molecule has 0 aliphatic heterocycles. The lowest BCUT2D eigenvalue weighted by Gasteiger charge is -2.08. The van der Waals surface area contributed by atoms with Crippen LogP contribution in [0.25, 0.3) is 0 Å². The molecule has 0 unspecified atom stereocenters. The standard InChI is InChI=1S/C7H14OS/c1-2-5-9-7(6-8)3-4-7/h8H,2-6H2,1H3. The average Bonchev–Trinajstić information content (AvgIpc) is 2.65. The summed E-state index contributed by atoms with van der Waals surface area (Å²) < 4.78 is 0.315. The number of thioether (sulfide) groups is 1. The van der Waals surface area contributed by atoms with Gasteiger partial charge in [0.15, 0.2) is 0 Å². The van der Waals surface area contributed by atoms with Gasteiger partial charge in [0.25, 0.3) is 0 Å². The van der Waals surface area contributed by atoms with Gasteiger partial charge in [-0.3, -0.25) is 0 Å². The van der Waals surface area contributed by atoms with Gasteiger partial charge in [0.05, 0.1) is 6.61 Å². The fraction of sp³-hybridized carbons (Fsp3) is 1.00. The maximum absolute atomic E-state index is 8.86. The molecular formula is C7H14OS. The number of rotatable bonds is 4. The van der Waals surface area contributed by atoms with E-state index in [1.807, 2.05) is 11.8 Å². The summed E-state index contributed by atoms with van der Waals surface area (Å²) in [6.07, 6.45) is 3.69. The van der Waals surface area contributed by atoms with E-state index in [-0.39, 0.29) is 0 Å². The van der Waals surface area contributed by atoms with Crippen molar-refractivity contribution in [2.45, 2.75) is 30.9 Å². The third-order valence-corrected chi connectivity index (χ3v) is 3.47. The van der Waals surface area contributed by atoms with Gasteiger partial charge in [0.1, 0.15) is 0 Å². The van der Waals surface area contributed by atoms with Crippen molar-refractivity contribution < 1.29 is 5.11 Å². The molecule has 0 radical (unpaired) electrons. The molecule has 9 heavy (non-hydrogen) atoms. The van der Waals surface area contributed by atoms with Crippen molar-refractivity contribution in [1.29, 1.82) is 0 Å². The number of aliphatic hydroxyl groups excluding tert-OH is 1. The fourth-order valence-electron chi connectivity index (χ4n) is 0.806. The molecule has 1 aliphatic rings. The Bertz CT molecular complexity index is 88.9. The van der Waals surface area contributed by atoms with E-state index in [1.54, 1.807) is 0 Å². The lowest BCUT2D eigenvalue weighted by Crippen LogP contribution is -2.08. The molecule has 0 aromatic rings. The second-order valence-corrected chi connectivity index (χ2v) is 4.25. The largest absolute Gasteiger partial charge is 0.395 e. The zero-order valence-electron chi connectivity index (χ0n) is 5.89. The third-order valence-electron chi connectivity index (χ3n) is 1.71. The minimum Gasteiger partial charge on any atom is -0.395 e. The van der Waals surface area contributed by atoms with Gasteiger partial charge in [-0.25, -0.2) is 0 Å². The Morgan fingerprint density at radius 1 is 1.56 bits per heavy atom. The smallest absolute Gasteiger partial charge is 0.0578 e. The first kappa shape index (κ1) is 7.42. The predicted molar refractivity (Wildman–Crippen MR) is 41.8 cm³/mol. The summed E-state index contributed by atoms with van der Waals surface area (Å²) in [5, 5.41) is 8.86. The molecule has 1 fully saturated rings. The summed E-state index contributed by atoms with van der Waals surface area (Å²) in [5.74, 6) is 1.21. The highest BCUT2D eigenvalue weighted by Crippen LogP contribution is 2.47. The molecule has 0 amide bonds. The molecule has 2 heteroatoms. The monoisotopic (exact) mass is 146 g/mol. The van der Waals surface area contributed by atoms with Crippen LogP contribution in [0.5, 0.6) is 0 Å². The Kier molecular flexibility index (Phi) is 2.42. The van der Waals surface area contributed by atoms with Gasteiger partial charge in [-0.05, 0) is 25.0 Å². The number of aliphatic hydroxyl groups is 1. The molecule has 0 aromatic heterocycles. The van der Waals surface area contributed by atoms with Gasteiger partial charge >= 0.3 is 0 Å². The van der Waals surface area contributed by atoms with Crippen LogP contribution >= 0.6 is 11.8 Å². The molecule has 1 nitrogen and oxygen atoms in total. The van der Waals surface area contributed by atoms with E-state index >= 15 is 0 Å². The van der Waals surface area contributed by atoms with Gasteiger partial charge in [-0.1, -0.05) is 6.92 Å². The second kappa shape index (κ2) is 2.93. The minimum atomic E-state index is 0.315. The highest BCUT2D eigenvalue weighted by atomic mass is 32.2. The van der Waals surface area contributed by atoms with Crippen LogP contribution in [0.15, 0.2) is 0 Å². The van der Waals surface area contributed by atoms with Crippen molar-refractivity contribution in [1.82, 2.24) is 0 Å². The first-order valence-corrected chi connectivity index (χ1v) is 4.56. The molecule has 0 heterocycles. The highest BCUT2D eigenvalue weighted by Gasteiger charge is 2.41. The van der Waals surface area contributed by atoms with Gasteiger partial charge in [0, 0.05) is 4.75 Å². The average molecular weight is 146 g/mol. The van der Waals surface area contributed by atoms with Gasteiger partial charge in [-0.15, -0.1) is 0 Å². The third kappa shape index (κ3) is 1.87. The summed E-state index contributed by atoms with van der Waals surface area (Å²) in [6, 6.07) is 0. The summed E-state index contributed by atoms with van der Waals surface area (Å²) in [4.78, 5) is 0. The van der Waals surface area contributed by atoms with Crippen LogP contribution in [-0.4, -0.2) is 22.2 Å². The van der Waals surface area contributed by atoms with E-state index < -0.39 is 0 Å². The molecule has 1 aliphatic carbocycles. The van der Waals surface area contributed by atoms with Crippen LogP contribution in [0.3, 0.4) is 0 Å². The Balaban J connectivity index is 2.10. The maximum Gasteiger partial charge on any atom is 0.0578 e. The first-order valence-electron chi connectivity index (χ1n) is 3.58. The molecule has 0 atom stereocenters. The topological polar surface area (TPSA) is 20.2 Å². The normalized spacial score (nSPS) is 22.0. The summed E-state index contributed by atoms with van der Waals surface area (Å²) in [5.41, 5.74) is 0. The zero-order chi connectivity index (χ0) is 6.74. The lowest BCUT2D eigenvalue weighted by molar-refractivity contribution is 0.289. The molecule has 1 rings (SSSR count). The van der Waals surface area contributed by atoms with E-state index in [9.17, 15) is 0 Å². The van der Waals surface area contributed by atoms with Crippen molar-refractivity contribution in [3.8, 4) is 0 Å². The minimum absolute atomic E-state index is 0.315. The van der Waals surface area contributed by atoms with Gasteiger partial charge in [-0.2, -0.15) is 11.8 Å². The molecule has 0 bridgehead atoms. The highest BCUT2D eigenvalue weighted by molar-refractivity contribution is 8.00. The quantitative estimate of drug-likeness (QED) is 0.651. The summed E-state index contributed by atoms with van der Waals surface area (Å²) in [6.45, 7) is 2.57. The molecule has 0 aromatic carbocycles. The van der Waals surface area contributed by atoms with E-state index in [0.29, 0.717) is 11.4 Å². The SMILES string of the molecule is CCCSC1(CO)CC1. The first-order chi connectivity index (χ1) is 4.33. The molecule has 1 saturated carbocycles. The zero-order valence-corrected chi connectivity index (χ0v) is 6.71. The van der Waals surface area contributed by atoms with E-state index in [1.165, 1.54) is 25.0 Å². The van der Waals surface area contributed by atoms with Gasteiger partial charge in [0.2, 0.25) is 0 Å². The van der Waals surface area contributed by atoms with Crippen molar-refractivity contribution in [2.75, 3.05) is 12.4 Å². The van der Waals surface area contributed by atoms with Crippen LogP contribution in [0.4, 0.5) is 0 Å². The summed E-state index contributed by atoms with van der Waals surface area (Å²) in [7, 11) is 0. The van der Waals surface area contributed by atoms with Crippen LogP contribution in [0.2, 0.25) is 0 Å². The van der Waals surface area contributed by atoms with E-state index in [0.717, 1.165) is 0 Å². The predicted octanol–water partition coefficient (Wildman–Crippen LogP) is 1.65. The second-order valence-electron chi connectivity index (χ2n) is 2.69. The van der Waals surface area contributed by atoms with Gasteiger partial charge < -0.3 is 5.11 Å². The summed E-state index contributed by atoms with van der Waals surface area (Å²) >= 11 is 1.94.